The molecule has 5 aromatic rings. The van der Waals surface area contributed by atoms with Crippen molar-refractivity contribution in [2.45, 2.75) is 32.4 Å². The standard InChI is InChI=1S/C26H25N7O2S/c1-17(26(34)32-9-2-3-10-32)35-23-6-4-5-21-24(23)25(28-15-27-21)31-19-7-8-22-18(11-19)12-30-33(22)13-20-14-36-16-29-20/h4-8,11-12,14-17H,2-3,9-10,13H2,1H3,(H,27,28,31)/t17-/m0/s1. The number of amides is 1. The van der Waals surface area contributed by atoms with Gasteiger partial charge in [-0.1, -0.05) is 6.07 Å². The van der Waals surface area contributed by atoms with E-state index in [1.54, 1.807) is 18.3 Å². The summed E-state index contributed by atoms with van der Waals surface area (Å²) >= 11 is 1.58. The highest BCUT2D eigenvalue weighted by atomic mass is 32.1. The summed E-state index contributed by atoms with van der Waals surface area (Å²) in [5, 5.41) is 11.7. The number of hydrogen-bond donors (Lipinski definition) is 1. The molecule has 9 nitrogen and oxygen atoms in total. The summed E-state index contributed by atoms with van der Waals surface area (Å²) in [7, 11) is 0. The number of rotatable bonds is 7. The minimum Gasteiger partial charge on any atom is -0.480 e. The first-order chi connectivity index (χ1) is 17.7. The van der Waals surface area contributed by atoms with Crippen molar-refractivity contribution in [1.29, 1.82) is 0 Å². The maximum Gasteiger partial charge on any atom is 0.263 e. The van der Waals surface area contributed by atoms with Crippen molar-refractivity contribution in [1.82, 2.24) is 29.6 Å². The van der Waals surface area contributed by atoms with E-state index in [0.29, 0.717) is 18.1 Å². The number of fused-ring (bicyclic) bond motifs is 2. The lowest BCUT2D eigenvalue weighted by atomic mass is 10.2. The van der Waals surface area contributed by atoms with E-state index in [-0.39, 0.29) is 5.91 Å². The molecule has 1 fully saturated rings. The molecule has 2 aromatic carbocycles. The summed E-state index contributed by atoms with van der Waals surface area (Å²) in [5.41, 5.74) is 5.45. The van der Waals surface area contributed by atoms with Gasteiger partial charge < -0.3 is 15.0 Å². The topological polar surface area (TPSA) is 98.1 Å². The summed E-state index contributed by atoms with van der Waals surface area (Å²) in [5.74, 6) is 1.20. The molecule has 1 aliphatic rings. The smallest absolute Gasteiger partial charge is 0.263 e. The van der Waals surface area contributed by atoms with Crippen LogP contribution in [0.1, 0.15) is 25.5 Å². The molecule has 0 radical (unpaired) electrons. The number of likely N-dealkylation sites (tertiary alicyclic amines) is 1. The average molecular weight is 500 g/mol. The highest BCUT2D eigenvalue weighted by Crippen LogP contribution is 2.33. The Labute approximate surface area is 211 Å². The fraction of sp³-hybridized carbons (Fsp3) is 0.269. The first-order valence-corrected chi connectivity index (χ1v) is 12.9. The van der Waals surface area contributed by atoms with E-state index < -0.39 is 6.10 Å². The van der Waals surface area contributed by atoms with E-state index in [1.807, 2.05) is 63.1 Å². The van der Waals surface area contributed by atoms with Crippen molar-refractivity contribution in [3.63, 3.8) is 0 Å². The quantitative estimate of drug-likeness (QED) is 0.349. The Morgan fingerprint density at radius 1 is 1.17 bits per heavy atom. The molecular formula is C26H25N7O2S. The predicted octanol–water partition coefficient (Wildman–Crippen LogP) is 4.62. The molecule has 1 amide bonds. The molecular weight excluding hydrogens is 474 g/mol. The van der Waals surface area contributed by atoms with Crippen LogP contribution in [0.3, 0.4) is 0 Å². The first kappa shape index (κ1) is 22.4. The second-order valence-corrected chi connectivity index (χ2v) is 9.56. The maximum absolute atomic E-state index is 12.8. The molecule has 0 unspecified atom stereocenters. The van der Waals surface area contributed by atoms with E-state index in [0.717, 1.165) is 59.1 Å². The van der Waals surface area contributed by atoms with Crippen LogP contribution in [0.4, 0.5) is 11.5 Å². The number of carbonyl (C=O) groups is 1. The lowest BCUT2D eigenvalue weighted by Crippen LogP contribution is -2.38. The summed E-state index contributed by atoms with van der Waals surface area (Å²) in [6.07, 6.45) is 4.87. The number of benzene rings is 2. The molecule has 36 heavy (non-hydrogen) atoms. The van der Waals surface area contributed by atoms with Crippen LogP contribution in [0.25, 0.3) is 21.8 Å². The number of aromatic nitrogens is 5. The van der Waals surface area contributed by atoms with Gasteiger partial charge in [-0.05, 0) is 50.1 Å². The van der Waals surface area contributed by atoms with Crippen molar-refractivity contribution >= 4 is 50.6 Å². The van der Waals surface area contributed by atoms with Gasteiger partial charge in [-0.2, -0.15) is 5.10 Å². The van der Waals surface area contributed by atoms with E-state index in [1.165, 1.54) is 6.33 Å². The van der Waals surface area contributed by atoms with Gasteiger partial charge in [0.25, 0.3) is 5.91 Å². The third kappa shape index (κ3) is 4.35. The number of thiazole rings is 1. The molecule has 1 N–H and O–H groups in total. The number of carbonyl (C=O) groups excluding carboxylic acids is 1. The molecule has 1 atom stereocenters. The fourth-order valence-corrected chi connectivity index (χ4v) is 5.15. The van der Waals surface area contributed by atoms with E-state index in [4.69, 9.17) is 4.74 Å². The third-order valence-corrected chi connectivity index (χ3v) is 7.03. The van der Waals surface area contributed by atoms with Crippen LogP contribution in [-0.4, -0.2) is 54.7 Å². The molecule has 10 heteroatoms. The highest BCUT2D eigenvalue weighted by Gasteiger charge is 2.25. The van der Waals surface area contributed by atoms with Crippen molar-refractivity contribution < 1.29 is 9.53 Å². The Hall–Kier alpha value is -4.05. The lowest BCUT2D eigenvalue weighted by Gasteiger charge is -2.22. The SMILES string of the molecule is C[C@H](Oc1cccc2ncnc(Nc3ccc4c(cnn4Cc4cscn4)c3)c12)C(=O)N1CCCC1. The average Bonchev–Trinajstić information content (AvgIpc) is 3.67. The summed E-state index contributed by atoms with van der Waals surface area (Å²) < 4.78 is 8.12. The van der Waals surface area contributed by atoms with Gasteiger partial charge in [0, 0.05) is 29.5 Å². The molecule has 4 heterocycles. The van der Waals surface area contributed by atoms with Gasteiger partial charge >= 0.3 is 0 Å². The van der Waals surface area contributed by atoms with E-state index in [9.17, 15) is 4.79 Å². The number of nitrogens with one attached hydrogen (secondary N) is 1. The van der Waals surface area contributed by atoms with Crippen LogP contribution in [0, 0.1) is 0 Å². The number of anilines is 2. The maximum atomic E-state index is 12.8. The molecule has 6 rings (SSSR count). The molecule has 0 bridgehead atoms. The van der Waals surface area contributed by atoms with Gasteiger partial charge in [-0.15, -0.1) is 11.3 Å². The Morgan fingerprint density at radius 2 is 2.06 bits per heavy atom. The molecule has 0 saturated carbocycles. The van der Waals surface area contributed by atoms with Gasteiger partial charge in [-0.3, -0.25) is 9.48 Å². The molecule has 182 valence electrons. The summed E-state index contributed by atoms with van der Waals surface area (Å²) in [6, 6.07) is 11.7. The van der Waals surface area contributed by atoms with Crippen LogP contribution in [0.2, 0.25) is 0 Å². The number of ether oxygens (including phenoxy) is 1. The van der Waals surface area contributed by atoms with Gasteiger partial charge in [0.05, 0.1) is 40.4 Å². The van der Waals surface area contributed by atoms with Gasteiger partial charge in [0.1, 0.15) is 17.9 Å². The van der Waals surface area contributed by atoms with Gasteiger partial charge in [0.15, 0.2) is 6.10 Å². The van der Waals surface area contributed by atoms with Crippen LogP contribution in [0.15, 0.2) is 59.8 Å². The molecule has 1 aliphatic heterocycles. The van der Waals surface area contributed by atoms with Crippen molar-refractivity contribution in [2.24, 2.45) is 0 Å². The lowest BCUT2D eigenvalue weighted by molar-refractivity contribution is -0.136. The van der Waals surface area contributed by atoms with E-state index >= 15 is 0 Å². The third-order valence-electron chi connectivity index (χ3n) is 6.39. The Balaban J connectivity index is 1.28. The second kappa shape index (κ2) is 9.54. The summed E-state index contributed by atoms with van der Waals surface area (Å²) in [4.78, 5) is 28.0. The first-order valence-electron chi connectivity index (χ1n) is 11.9. The monoisotopic (exact) mass is 499 g/mol. The van der Waals surface area contributed by atoms with Gasteiger partial charge in [0.2, 0.25) is 0 Å². The van der Waals surface area contributed by atoms with Crippen LogP contribution in [0.5, 0.6) is 5.75 Å². The minimum atomic E-state index is -0.596. The largest absolute Gasteiger partial charge is 0.480 e. The van der Waals surface area contributed by atoms with Crippen LogP contribution in [-0.2, 0) is 11.3 Å². The second-order valence-electron chi connectivity index (χ2n) is 8.85. The number of nitrogens with zero attached hydrogens (tertiary/aromatic N) is 6. The number of hydrogen-bond acceptors (Lipinski definition) is 8. The minimum absolute atomic E-state index is 0.0102. The zero-order valence-corrected chi connectivity index (χ0v) is 20.6. The molecule has 1 saturated heterocycles. The molecule has 0 spiro atoms. The Morgan fingerprint density at radius 3 is 2.89 bits per heavy atom. The van der Waals surface area contributed by atoms with Gasteiger partial charge in [-0.25, -0.2) is 15.0 Å². The van der Waals surface area contributed by atoms with Crippen molar-refractivity contribution in [2.75, 3.05) is 18.4 Å². The summed E-state index contributed by atoms with van der Waals surface area (Å²) in [6.45, 7) is 4.01. The van der Waals surface area contributed by atoms with Crippen molar-refractivity contribution in [3.8, 4) is 5.75 Å². The molecule has 0 aliphatic carbocycles. The van der Waals surface area contributed by atoms with Crippen LogP contribution >= 0.6 is 11.3 Å². The van der Waals surface area contributed by atoms with Crippen LogP contribution < -0.4 is 10.1 Å². The normalized spacial score (nSPS) is 14.4. The predicted molar refractivity (Wildman–Crippen MR) is 140 cm³/mol. The zero-order chi connectivity index (χ0) is 24.5. The zero-order valence-electron chi connectivity index (χ0n) is 19.8. The molecule has 3 aromatic heterocycles. The van der Waals surface area contributed by atoms with E-state index in [2.05, 4.69) is 25.4 Å². The van der Waals surface area contributed by atoms with Crippen molar-refractivity contribution in [3.05, 3.63) is 65.5 Å². The Kier molecular flexibility index (Phi) is 5.94. The highest BCUT2D eigenvalue weighted by molar-refractivity contribution is 7.07. The fourth-order valence-electron chi connectivity index (χ4n) is 4.60. The Bertz CT molecular complexity index is 1520.